The number of carboxylic acid groups (broad SMARTS) is 3. The van der Waals surface area contributed by atoms with Crippen LogP contribution in [-0.2, 0) is 32.0 Å². The van der Waals surface area contributed by atoms with Gasteiger partial charge in [-0.15, -0.1) is 0 Å². The zero-order valence-electron chi connectivity index (χ0n) is 22.5. The van der Waals surface area contributed by atoms with Gasteiger partial charge >= 0.3 is 17.9 Å². The number of carbonyl (C=O) groups is 3. The molecule has 2 heterocycles. The van der Waals surface area contributed by atoms with Crippen molar-refractivity contribution in [3.63, 3.8) is 0 Å². The third-order valence-electron chi connectivity index (χ3n) is 7.31. The lowest BCUT2D eigenvalue weighted by Gasteiger charge is -2.27. The number of fused-ring (bicyclic) bond motifs is 1. The Bertz CT molecular complexity index is 1630. The number of carboxylic acids is 3. The molecule has 1 aliphatic heterocycles. The van der Waals surface area contributed by atoms with Gasteiger partial charge in [-0.1, -0.05) is 48.5 Å². The van der Waals surface area contributed by atoms with Crippen LogP contribution in [0.15, 0.2) is 79.1 Å². The molecular formula is C30H28FN3O9. The van der Waals surface area contributed by atoms with E-state index >= 15 is 4.39 Å². The van der Waals surface area contributed by atoms with Crippen LogP contribution in [0.25, 0.3) is 11.0 Å². The Labute approximate surface area is 243 Å². The number of aliphatic hydroxyl groups excluding tert-OH is 1. The molecule has 5 rings (SSSR count). The highest BCUT2D eigenvalue weighted by atomic mass is 19.1. The molecule has 0 radical (unpaired) electrons. The van der Waals surface area contributed by atoms with Gasteiger partial charge in [-0.3, -0.25) is 0 Å². The third-order valence-corrected chi connectivity index (χ3v) is 7.31. The summed E-state index contributed by atoms with van der Waals surface area (Å²) < 4.78 is 27.9. The van der Waals surface area contributed by atoms with Gasteiger partial charge in [0.1, 0.15) is 17.7 Å². The van der Waals surface area contributed by atoms with E-state index in [9.17, 15) is 34.8 Å². The van der Waals surface area contributed by atoms with Crippen LogP contribution in [0.2, 0.25) is 0 Å². The van der Waals surface area contributed by atoms with E-state index in [1.54, 1.807) is 12.1 Å². The van der Waals surface area contributed by atoms with Crippen molar-refractivity contribution in [1.82, 2.24) is 9.55 Å². The zero-order valence-corrected chi connectivity index (χ0v) is 22.5. The molecule has 0 amide bonds. The van der Waals surface area contributed by atoms with Gasteiger partial charge in [0.15, 0.2) is 12.4 Å². The van der Waals surface area contributed by atoms with Crippen molar-refractivity contribution >= 4 is 34.6 Å². The summed E-state index contributed by atoms with van der Waals surface area (Å²) in [7, 11) is 0. The zero-order chi connectivity index (χ0) is 30.7. The molecular weight excluding hydrogens is 565 g/mol. The van der Waals surface area contributed by atoms with Crippen molar-refractivity contribution < 1.29 is 48.7 Å². The number of aromatic carboxylic acids is 1. The van der Waals surface area contributed by atoms with E-state index in [-0.39, 0.29) is 11.1 Å². The molecule has 0 spiro atoms. The number of benzene rings is 3. The van der Waals surface area contributed by atoms with Gasteiger partial charge in [-0.2, -0.15) is 0 Å². The second kappa shape index (κ2) is 12.2. The molecule has 13 heteroatoms. The molecule has 12 nitrogen and oxygen atoms in total. The van der Waals surface area contributed by atoms with E-state index in [0.29, 0.717) is 23.3 Å². The minimum atomic E-state index is -2.87. The highest BCUT2D eigenvalue weighted by Gasteiger charge is 2.52. The first kappa shape index (κ1) is 29.6. The number of aliphatic hydroxyl groups is 1. The fourth-order valence-corrected chi connectivity index (χ4v) is 5.00. The minimum absolute atomic E-state index is 0.0698. The Morgan fingerprint density at radius 2 is 1.67 bits per heavy atom. The van der Waals surface area contributed by atoms with Gasteiger partial charge in [0.05, 0.1) is 29.7 Å². The fraction of sp³-hybridized carbons (Fsp3) is 0.267. The third kappa shape index (κ3) is 5.91. The number of aliphatic carboxylic acids is 2. The number of nitrogens with zero attached hydrogens (tertiary/aromatic N) is 2. The summed E-state index contributed by atoms with van der Waals surface area (Å²) in [5, 5.41) is 42.9. The summed E-state index contributed by atoms with van der Waals surface area (Å²) in [5.41, 5.74) is -0.211. The topological polar surface area (TPSA) is 180 Å². The van der Waals surface area contributed by atoms with Crippen LogP contribution < -0.4 is 5.32 Å². The van der Waals surface area contributed by atoms with Gasteiger partial charge in [0, 0.05) is 13.0 Å². The first-order chi connectivity index (χ1) is 20.6. The molecule has 0 saturated carbocycles. The maximum absolute atomic E-state index is 15.4. The van der Waals surface area contributed by atoms with Crippen molar-refractivity contribution in [2.45, 2.75) is 43.2 Å². The second-order valence-corrected chi connectivity index (χ2v) is 10.1. The highest BCUT2D eigenvalue weighted by molar-refractivity contribution is 6.02. The number of rotatable bonds is 12. The van der Waals surface area contributed by atoms with Crippen LogP contribution in [-0.4, -0.2) is 78.5 Å². The number of halogens is 1. The van der Waals surface area contributed by atoms with Crippen molar-refractivity contribution in [2.24, 2.45) is 0 Å². The Morgan fingerprint density at radius 3 is 2.37 bits per heavy atom. The molecule has 1 fully saturated rings. The standard InChI is InChI=1S/C30H28FN3O9/c31-23-25(35)22(15-42-30(28(38)39,29(40)41)13-18-8-4-9-19(12-18)27(36)37)43-26(23)34-16-33-24-20(10-5-11-21(24)34)32-14-17-6-2-1-3-7-17/h1-12,16,22-23,25-26,32,35H,13-15H2,(H,36,37)(H,38,39)(H,40,41)/t22-,23+,25-,26-/m1/s1. The number of ether oxygens (including phenoxy) is 2. The number of nitrogens with one attached hydrogen (secondary N) is 1. The van der Waals surface area contributed by atoms with E-state index in [2.05, 4.69) is 10.3 Å². The normalized spacial score (nSPS) is 20.2. The average Bonchev–Trinajstić information content (AvgIpc) is 3.55. The summed E-state index contributed by atoms with van der Waals surface area (Å²) in [5.74, 6) is -5.01. The maximum Gasteiger partial charge on any atom is 0.348 e. The van der Waals surface area contributed by atoms with Gasteiger partial charge in [0.25, 0.3) is 5.60 Å². The number of hydrogen-bond donors (Lipinski definition) is 5. The Kier molecular flexibility index (Phi) is 8.39. The molecule has 1 saturated heterocycles. The van der Waals surface area contributed by atoms with Gasteiger partial charge in [-0.25, -0.2) is 23.8 Å². The van der Waals surface area contributed by atoms with Crippen LogP contribution in [0.4, 0.5) is 10.1 Å². The summed E-state index contributed by atoms with van der Waals surface area (Å²) >= 11 is 0. The van der Waals surface area contributed by atoms with Crippen molar-refractivity contribution in [2.75, 3.05) is 11.9 Å². The summed E-state index contributed by atoms with van der Waals surface area (Å²) in [6.45, 7) is -0.266. The molecule has 5 N–H and O–H groups in total. The predicted molar refractivity (Wildman–Crippen MR) is 149 cm³/mol. The fourth-order valence-electron chi connectivity index (χ4n) is 5.00. The number of imidazole rings is 1. The van der Waals surface area contributed by atoms with Gasteiger partial charge in [0.2, 0.25) is 0 Å². The Balaban J connectivity index is 1.34. The van der Waals surface area contributed by atoms with E-state index < -0.39 is 61.1 Å². The molecule has 0 bridgehead atoms. The van der Waals surface area contributed by atoms with Crippen molar-refractivity contribution in [3.05, 3.63) is 95.8 Å². The van der Waals surface area contributed by atoms with E-state index in [1.165, 1.54) is 29.1 Å². The molecule has 0 aliphatic carbocycles. The summed E-state index contributed by atoms with van der Waals surface area (Å²) in [6.07, 6.45) is -5.94. The molecule has 1 aromatic heterocycles. The summed E-state index contributed by atoms with van der Waals surface area (Å²) in [4.78, 5) is 40.1. The monoisotopic (exact) mass is 593 g/mol. The number of aromatic nitrogens is 2. The number of anilines is 1. The molecule has 0 unspecified atom stereocenters. The van der Waals surface area contributed by atoms with E-state index in [1.807, 2.05) is 36.4 Å². The maximum atomic E-state index is 15.4. The van der Waals surface area contributed by atoms with Crippen molar-refractivity contribution in [1.29, 1.82) is 0 Å². The lowest BCUT2D eigenvalue weighted by molar-refractivity contribution is -0.190. The quantitative estimate of drug-likeness (QED) is 0.152. The van der Waals surface area contributed by atoms with Crippen LogP contribution >= 0.6 is 0 Å². The van der Waals surface area contributed by atoms with Crippen LogP contribution in [0.3, 0.4) is 0 Å². The highest BCUT2D eigenvalue weighted by Crippen LogP contribution is 2.36. The Hall–Kier alpha value is -4.85. The first-order valence-electron chi connectivity index (χ1n) is 13.2. The number of hydrogen-bond acceptors (Lipinski definition) is 8. The molecule has 4 aromatic rings. The molecule has 4 atom stereocenters. The smallest absolute Gasteiger partial charge is 0.348 e. The van der Waals surface area contributed by atoms with Crippen LogP contribution in [0.1, 0.15) is 27.7 Å². The lowest BCUT2D eigenvalue weighted by Crippen LogP contribution is -2.52. The number of para-hydroxylation sites is 1. The summed E-state index contributed by atoms with van der Waals surface area (Å²) in [6, 6.07) is 20.1. The van der Waals surface area contributed by atoms with Crippen LogP contribution in [0.5, 0.6) is 0 Å². The largest absolute Gasteiger partial charge is 0.479 e. The molecule has 43 heavy (non-hydrogen) atoms. The lowest BCUT2D eigenvalue weighted by atomic mass is 9.93. The van der Waals surface area contributed by atoms with E-state index in [0.717, 1.165) is 11.6 Å². The Morgan fingerprint density at radius 1 is 0.977 bits per heavy atom. The van der Waals surface area contributed by atoms with Gasteiger partial charge < -0.3 is 39.8 Å². The van der Waals surface area contributed by atoms with E-state index in [4.69, 9.17) is 9.47 Å². The average molecular weight is 594 g/mol. The first-order valence-corrected chi connectivity index (χ1v) is 13.2. The second-order valence-electron chi connectivity index (χ2n) is 10.1. The predicted octanol–water partition coefficient (Wildman–Crippen LogP) is 3.11. The number of alkyl halides is 1. The van der Waals surface area contributed by atoms with Crippen LogP contribution in [0, 0.1) is 0 Å². The molecule has 224 valence electrons. The van der Waals surface area contributed by atoms with Gasteiger partial charge in [-0.05, 0) is 35.4 Å². The molecule has 1 aliphatic rings. The van der Waals surface area contributed by atoms with Crippen molar-refractivity contribution in [3.8, 4) is 0 Å². The SMILES string of the molecule is O=C(O)c1cccc(CC(OC[C@H]2O[C@@H](n3cnc4c(NCc5ccccc5)cccc43)[C@@H](F)[C@@H]2O)(C(=O)O)C(=O)O)c1. The minimum Gasteiger partial charge on any atom is -0.479 e. The molecule has 3 aromatic carbocycles.